The third kappa shape index (κ3) is 2.00. The lowest BCUT2D eigenvalue weighted by Crippen LogP contribution is -2.50. The summed E-state index contributed by atoms with van der Waals surface area (Å²) in [5.74, 6) is 4.18. The van der Waals surface area contributed by atoms with Crippen LogP contribution < -0.4 is 0 Å². The Bertz CT molecular complexity index is 287. The number of hydrogen-bond donors (Lipinski definition) is 1. The van der Waals surface area contributed by atoms with Crippen LogP contribution in [0.3, 0.4) is 0 Å². The van der Waals surface area contributed by atoms with Crippen molar-refractivity contribution in [2.75, 3.05) is 5.75 Å². The van der Waals surface area contributed by atoms with E-state index < -0.39 is 5.97 Å². The molecule has 4 aliphatic rings. The molecular weight excluding hydrogens is 232 g/mol. The lowest BCUT2D eigenvalue weighted by atomic mass is 9.51. The molecule has 0 saturated heterocycles. The van der Waals surface area contributed by atoms with Gasteiger partial charge in [-0.15, -0.1) is 11.8 Å². The van der Waals surface area contributed by atoms with Crippen LogP contribution in [0.4, 0.5) is 0 Å². The first-order valence-electron chi connectivity index (χ1n) is 7.03. The maximum absolute atomic E-state index is 11.5. The summed E-state index contributed by atoms with van der Waals surface area (Å²) in [6.45, 7) is 2.08. The predicted molar refractivity (Wildman–Crippen MR) is 70.1 cm³/mol. The molecule has 0 aromatic rings. The van der Waals surface area contributed by atoms with E-state index in [9.17, 15) is 9.90 Å². The molecule has 4 saturated carbocycles. The molecular formula is C14H22O2S. The van der Waals surface area contributed by atoms with Crippen molar-refractivity contribution in [1.29, 1.82) is 0 Å². The topological polar surface area (TPSA) is 37.3 Å². The molecule has 96 valence electrons. The SMILES string of the molecule is CCSC(C(=O)O)C1C2CC3CC(C2)CC1C3. The van der Waals surface area contributed by atoms with Crippen molar-refractivity contribution in [2.24, 2.45) is 29.6 Å². The van der Waals surface area contributed by atoms with Gasteiger partial charge in [0.2, 0.25) is 0 Å². The highest BCUT2D eigenvalue weighted by Crippen LogP contribution is 2.58. The number of rotatable bonds is 4. The van der Waals surface area contributed by atoms with Gasteiger partial charge in [0.05, 0.1) is 0 Å². The first kappa shape index (κ1) is 11.9. The average molecular weight is 254 g/mol. The van der Waals surface area contributed by atoms with Crippen molar-refractivity contribution >= 4 is 17.7 Å². The number of carboxylic acid groups (broad SMARTS) is 1. The lowest BCUT2D eigenvalue weighted by Gasteiger charge is -2.55. The van der Waals surface area contributed by atoms with Crippen LogP contribution in [0.25, 0.3) is 0 Å². The maximum atomic E-state index is 11.5. The second-order valence-electron chi connectivity index (χ2n) is 6.22. The molecule has 1 unspecified atom stereocenters. The van der Waals surface area contributed by atoms with Crippen molar-refractivity contribution in [1.82, 2.24) is 0 Å². The van der Waals surface area contributed by atoms with Crippen LogP contribution in [-0.2, 0) is 4.79 Å². The van der Waals surface area contributed by atoms with Crippen molar-refractivity contribution in [3.05, 3.63) is 0 Å². The largest absolute Gasteiger partial charge is 0.480 e. The molecule has 4 fully saturated rings. The standard InChI is InChI=1S/C14H22O2S/c1-2-17-13(14(15)16)12-10-4-8-3-9(6-10)7-11(12)5-8/h8-13H,2-7H2,1H3,(H,15,16). The van der Waals surface area contributed by atoms with Crippen LogP contribution in [0.2, 0.25) is 0 Å². The molecule has 4 aliphatic carbocycles. The number of hydrogen-bond acceptors (Lipinski definition) is 2. The van der Waals surface area contributed by atoms with E-state index >= 15 is 0 Å². The van der Waals surface area contributed by atoms with E-state index in [0.29, 0.717) is 5.92 Å². The highest BCUT2D eigenvalue weighted by molar-refractivity contribution is 8.00. The van der Waals surface area contributed by atoms with Gasteiger partial charge in [-0.25, -0.2) is 0 Å². The highest BCUT2D eigenvalue weighted by Gasteiger charge is 2.51. The molecule has 1 N–H and O–H groups in total. The Morgan fingerprint density at radius 1 is 1.18 bits per heavy atom. The Balaban J connectivity index is 1.80. The molecule has 0 radical (unpaired) electrons. The van der Waals surface area contributed by atoms with E-state index in [1.54, 1.807) is 11.8 Å². The van der Waals surface area contributed by atoms with E-state index in [1.165, 1.54) is 32.1 Å². The number of carbonyl (C=O) groups is 1. The normalized spacial score (nSPS) is 44.9. The zero-order valence-electron chi connectivity index (χ0n) is 10.5. The molecule has 4 bridgehead atoms. The van der Waals surface area contributed by atoms with E-state index in [-0.39, 0.29) is 5.25 Å². The van der Waals surface area contributed by atoms with Gasteiger partial charge in [0.1, 0.15) is 5.25 Å². The molecule has 3 heteroatoms. The molecule has 0 aromatic carbocycles. The number of aliphatic carboxylic acids is 1. The zero-order valence-corrected chi connectivity index (χ0v) is 11.3. The van der Waals surface area contributed by atoms with Crippen LogP contribution in [0.1, 0.15) is 39.0 Å². The summed E-state index contributed by atoms with van der Waals surface area (Å²) in [5.41, 5.74) is 0. The summed E-state index contributed by atoms with van der Waals surface area (Å²) in [5, 5.41) is 9.34. The van der Waals surface area contributed by atoms with Gasteiger partial charge in [-0.3, -0.25) is 4.79 Å². The van der Waals surface area contributed by atoms with Crippen molar-refractivity contribution < 1.29 is 9.90 Å². The van der Waals surface area contributed by atoms with Gasteiger partial charge >= 0.3 is 5.97 Å². The summed E-state index contributed by atoms with van der Waals surface area (Å²) >= 11 is 1.66. The van der Waals surface area contributed by atoms with Gasteiger partial charge in [0.15, 0.2) is 0 Å². The second-order valence-corrected chi connectivity index (χ2v) is 7.64. The zero-order chi connectivity index (χ0) is 12.0. The van der Waals surface area contributed by atoms with Crippen molar-refractivity contribution in [3.8, 4) is 0 Å². The molecule has 0 spiro atoms. The minimum Gasteiger partial charge on any atom is -0.480 e. The molecule has 4 rings (SSSR count). The van der Waals surface area contributed by atoms with Gasteiger partial charge in [-0.1, -0.05) is 6.92 Å². The molecule has 0 aromatic heterocycles. The summed E-state index contributed by atoms with van der Waals surface area (Å²) in [7, 11) is 0. The number of thioether (sulfide) groups is 1. The van der Waals surface area contributed by atoms with Gasteiger partial charge < -0.3 is 5.11 Å². The van der Waals surface area contributed by atoms with Gasteiger partial charge in [-0.2, -0.15) is 0 Å². The minimum atomic E-state index is -0.561. The van der Waals surface area contributed by atoms with Gasteiger partial charge in [-0.05, 0) is 67.4 Å². The monoisotopic (exact) mass is 254 g/mol. The third-order valence-corrected chi connectivity index (χ3v) is 6.45. The van der Waals surface area contributed by atoms with E-state index in [4.69, 9.17) is 0 Å². The Morgan fingerprint density at radius 3 is 2.12 bits per heavy atom. The van der Waals surface area contributed by atoms with Gasteiger partial charge in [0, 0.05) is 0 Å². The van der Waals surface area contributed by atoms with E-state index in [0.717, 1.165) is 29.4 Å². The summed E-state index contributed by atoms with van der Waals surface area (Å²) in [6, 6.07) is 0. The van der Waals surface area contributed by atoms with Gasteiger partial charge in [0.25, 0.3) is 0 Å². The summed E-state index contributed by atoms with van der Waals surface area (Å²) < 4.78 is 0. The third-order valence-electron chi connectivity index (χ3n) is 5.24. The van der Waals surface area contributed by atoms with Crippen LogP contribution in [0.5, 0.6) is 0 Å². The van der Waals surface area contributed by atoms with E-state index in [2.05, 4.69) is 6.92 Å². The van der Waals surface area contributed by atoms with Crippen molar-refractivity contribution in [3.63, 3.8) is 0 Å². The van der Waals surface area contributed by atoms with Crippen LogP contribution in [-0.4, -0.2) is 22.1 Å². The smallest absolute Gasteiger partial charge is 0.316 e. The Labute approximate surface area is 108 Å². The minimum absolute atomic E-state index is 0.130. The van der Waals surface area contributed by atoms with E-state index in [1.807, 2.05) is 0 Å². The lowest BCUT2D eigenvalue weighted by molar-refractivity contribution is -0.141. The Morgan fingerprint density at radius 2 is 1.71 bits per heavy atom. The molecule has 0 amide bonds. The van der Waals surface area contributed by atoms with Crippen LogP contribution in [0, 0.1) is 29.6 Å². The summed E-state index contributed by atoms with van der Waals surface area (Å²) in [4.78, 5) is 11.5. The number of carboxylic acids is 1. The highest BCUT2D eigenvalue weighted by atomic mass is 32.2. The molecule has 2 nitrogen and oxygen atoms in total. The molecule has 0 aliphatic heterocycles. The first-order valence-corrected chi connectivity index (χ1v) is 8.08. The predicted octanol–water partition coefficient (Wildman–Crippen LogP) is 3.27. The fraction of sp³-hybridized carbons (Fsp3) is 0.929. The molecule has 0 heterocycles. The first-order chi connectivity index (χ1) is 8.19. The molecule has 17 heavy (non-hydrogen) atoms. The van der Waals surface area contributed by atoms with Crippen LogP contribution in [0.15, 0.2) is 0 Å². The average Bonchev–Trinajstić information content (AvgIpc) is 2.26. The fourth-order valence-corrected chi connectivity index (χ4v) is 6.16. The maximum Gasteiger partial charge on any atom is 0.316 e. The molecule has 1 atom stereocenters. The Hall–Kier alpha value is -0.180. The quantitative estimate of drug-likeness (QED) is 0.836. The fourth-order valence-electron chi connectivity index (χ4n) is 4.99. The summed E-state index contributed by atoms with van der Waals surface area (Å²) in [6.07, 6.45) is 6.74. The second kappa shape index (κ2) is 4.49. The Kier molecular flexibility index (Phi) is 3.14. The van der Waals surface area contributed by atoms with Crippen LogP contribution >= 0.6 is 11.8 Å². The van der Waals surface area contributed by atoms with Crippen molar-refractivity contribution in [2.45, 2.75) is 44.3 Å².